The lowest BCUT2D eigenvalue weighted by atomic mass is 9.75. The molecule has 3 nitrogen and oxygen atoms in total. The van der Waals surface area contributed by atoms with Crippen LogP contribution in [0.3, 0.4) is 0 Å². The van der Waals surface area contributed by atoms with Crippen LogP contribution < -0.4 is 5.73 Å². The van der Waals surface area contributed by atoms with Crippen molar-refractivity contribution in [3.8, 4) is 0 Å². The van der Waals surface area contributed by atoms with Crippen LogP contribution in [0, 0.1) is 5.92 Å². The maximum Gasteiger partial charge on any atom is 0.0897 e. The molecule has 21 heavy (non-hydrogen) atoms. The molecule has 1 heterocycles. The van der Waals surface area contributed by atoms with Crippen LogP contribution in [-0.4, -0.2) is 16.2 Å². The number of nitrogens with two attached hydrogens (primary N) is 1. The Morgan fingerprint density at radius 2 is 2.10 bits per heavy atom. The predicted molar refractivity (Wildman–Crippen MR) is 87.3 cm³/mol. The molecule has 1 aromatic carbocycles. The first-order valence-electron chi connectivity index (χ1n) is 8.08. The largest absolute Gasteiger partial charge is 0.385 e. The van der Waals surface area contributed by atoms with Crippen molar-refractivity contribution in [2.45, 2.75) is 51.7 Å². The summed E-state index contributed by atoms with van der Waals surface area (Å²) in [7, 11) is 0. The third-order valence-corrected chi connectivity index (χ3v) is 4.66. The lowest BCUT2D eigenvalue weighted by Crippen LogP contribution is -2.33. The van der Waals surface area contributed by atoms with E-state index in [4.69, 9.17) is 5.73 Å². The highest BCUT2D eigenvalue weighted by Gasteiger charge is 2.36. The molecule has 0 bridgehead atoms. The van der Waals surface area contributed by atoms with Crippen molar-refractivity contribution < 1.29 is 5.11 Å². The summed E-state index contributed by atoms with van der Waals surface area (Å²) in [4.78, 5) is 0. The second-order valence-electron chi connectivity index (χ2n) is 6.86. The number of fused-ring (bicyclic) bond motifs is 1. The number of nitrogens with zero attached hydrogens (tertiary/aromatic N) is 1. The summed E-state index contributed by atoms with van der Waals surface area (Å²) in [6.07, 6.45) is 6.05. The van der Waals surface area contributed by atoms with Gasteiger partial charge in [0.2, 0.25) is 0 Å². The van der Waals surface area contributed by atoms with Gasteiger partial charge in [0.15, 0.2) is 0 Å². The second kappa shape index (κ2) is 5.47. The van der Waals surface area contributed by atoms with E-state index >= 15 is 0 Å². The highest BCUT2D eigenvalue weighted by atomic mass is 16.3. The molecule has 0 atom stereocenters. The minimum absolute atomic E-state index is 0.588. The van der Waals surface area contributed by atoms with Gasteiger partial charge < -0.3 is 15.4 Å². The topological polar surface area (TPSA) is 51.2 Å². The van der Waals surface area contributed by atoms with E-state index in [1.165, 1.54) is 16.5 Å². The van der Waals surface area contributed by atoms with Crippen LogP contribution in [0.1, 0.15) is 44.2 Å². The van der Waals surface area contributed by atoms with Gasteiger partial charge in [0.05, 0.1) is 5.60 Å². The summed E-state index contributed by atoms with van der Waals surface area (Å²) < 4.78 is 2.33. The smallest absolute Gasteiger partial charge is 0.0897 e. The molecule has 1 aliphatic carbocycles. The summed E-state index contributed by atoms with van der Waals surface area (Å²) in [5.74, 6) is 0.599. The Hall–Kier alpha value is -1.32. The zero-order valence-corrected chi connectivity index (χ0v) is 13.1. The van der Waals surface area contributed by atoms with E-state index in [1.54, 1.807) is 0 Å². The van der Waals surface area contributed by atoms with Gasteiger partial charge in [-0.3, -0.25) is 0 Å². The summed E-state index contributed by atoms with van der Waals surface area (Å²) in [5, 5.41) is 11.9. The fourth-order valence-electron chi connectivity index (χ4n) is 3.36. The van der Waals surface area contributed by atoms with E-state index in [9.17, 15) is 5.11 Å². The Bertz CT molecular complexity index is 638. The van der Waals surface area contributed by atoms with Crippen molar-refractivity contribution >= 4 is 10.9 Å². The zero-order valence-electron chi connectivity index (χ0n) is 13.1. The number of hydrogen-bond donors (Lipinski definition) is 2. The van der Waals surface area contributed by atoms with E-state index < -0.39 is 5.60 Å². The van der Waals surface area contributed by atoms with Crippen molar-refractivity contribution in [1.82, 2.24) is 4.57 Å². The van der Waals surface area contributed by atoms with Crippen molar-refractivity contribution in [3.05, 3.63) is 35.5 Å². The van der Waals surface area contributed by atoms with E-state index in [2.05, 4.69) is 42.8 Å². The molecular formula is C18H26N2O. The third kappa shape index (κ3) is 2.60. The molecule has 3 rings (SSSR count). The molecule has 1 aliphatic rings. The maximum absolute atomic E-state index is 10.6. The quantitative estimate of drug-likeness (QED) is 0.887. The Balaban J connectivity index is 2.08. The van der Waals surface area contributed by atoms with Gasteiger partial charge in [-0.05, 0) is 55.3 Å². The van der Waals surface area contributed by atoms with Gasteiger partial charge in [-0.15, -0.1) is 0 Å². The molecule has 2 aromatic rings. The van der Waals surface area contributed by atoms with Crippen LogP contribution in [-0.2, 0) is 18.6 Å². The molecule has 0 radical (unpaired) electrons. The Morgan fingerprint density at radius 3 is 2.67 bits per heavy atom. The standard InChI is InChI=1S/C18H26N2O/c1-13(2)11-20-12-14(6-9-19)16-5-4-15(10-17(16)20)18(21)7-3-8-18/h4-5,10,12-13,21H,3,6-9,11,19H2,1-2H3. The molecule has 1 saturated carbocycles. The number of aromatic nitrogens is 1. The zero-order chi connectivity index (χ0) is 15.0. The van der Waals surface area contributed by atoms with Crippen molar-refractivity contribution in [2.24, 2.45) is 11.7 Å². The Kier molecular flexibility index (Phi) is 3.80. The van der Waals surface area contributed by atoms with E-state index in [0.717, 1.165) is 37.8 Å². The van der Waals surface area contributed by atoms with Gasteiger partial charge >= 0.3 is 0 Å². The summed E-state index contributed by atoms with van der Waals surface area (Å²) in [5.41, 5.74) is 8.79. The van der Waals surface area contributed by atoms with Crippen LogP contribution in [0.4, 0.5) is 0 Å². The number of aliphatic hydroxyl groups is 1. The lowest BCUT2D eigenvalue weighted by molar-refractivity contribution is -0.0387. The maximum atomic E-state index is 10.6. The summed E-state index contributed by atoms with van der Waals surface area (Å²) in [6.45, 7) is 6.14. The van der Waals surface area contributed by atoms with E-state index in [1.807, 2.05) is 0 Å². The predicted octanol–water partition coefficient (Wildman–Crippen LogP) is 3.17. The minimum Gasteiger partial charge on any atom is -0.385 e. The molecule has 3 heteroatoms. The SMILES string of the molecule is CC(C)Cn1cc(CCN)c2ccc(C3(O)CCC3)cc21. The summed E-state index contributed by atoms with van der Waals surface area (Å²) >= 11 is 0. The molecule has 3 N–H and O–H groups in total. The first kappa shape index (κ1) is 14.6. The van der Waals surface area contributed by atoms with Crippen LogP contribution in [0.15, 0.2) is 24.4 Å². The van der Waals surface area contributed by atoms with Gasteiger partial charge in [-0.25, -0.2) is 0 Å². The first-order valence-corrected chi connectivity index (χ1v) is 8.08. The minimum atomic E-state index is -0.588. The van der Waals surface area contributed by atoms with Crippen LogP contribution in [0.25, 0.3) is 10.9 Å². The molecule has 0 spiro atoms. The third-order valence-electron chi connectivity index (χ3n) is 4.66. The van der Waals surface area contributed by atoms with Crippen LogP contribution >= 0.6 is 0 Å². The number of hydrogen-bond acceptors (Lipinski definition) is 2. The molecule has 0 aliphatic heterocycles. The van der Waals surface area contributed by atoms with Crippen molar-refractivity contribution in [2.75, 3.05) is 6.54 Å². The second-order valence-corrected chi connectivity index (χ2v) is 6.86. The summed E-state index contributed by atoms with van der Waals surface area (Å²) in [6, 6.07) is 6.46. The average molecular weight is 286 g/mol. The number of rotatable bonds is 5. The molecule has 114 valence electrons. The van der Waals surface area contributed by atoms with Gasteiger partial charge in [-0.1, -0.05) is 26.0 Å². The average Bonchev–Trinajstić information content (AvgIpc) is 2.73. The van der Waals surface area contributed by atoms with Crippen LogP contribution in [0.2, 0.25) is 0 Å². The fraction of sp³-hybridized carbons (Fsp3) is 0.556. The number of benzene rings is 1. The Labute approximate surface area is 126 Å². The molecule has 0 saturated heterocycles. The molecule has 1 aromatic heterocycles. The van der Waals surface area contributed by atoms with Gasteiger partial charge in [-0.2, -0.15) is 0 Å². The van der Waals surface area contributed by atoms with Gasteiger partial charge in [0.1, 0.15) is 0 Å². The molecule has 1 fully saturated rings. The monoisotopic (exact) mass is 286 g/mol. The first-order chi connectivity index (χ1) is 10.0. The molecule has 0 unspecified atom stereocenters. The molecule has 0 amide bonds. The fourth-order valence-corrected chi connectivity index (χ4v) is 3.36. The lowest BCUT2D eigenvalue weighted by Gasteiger charge is -2.37. The van der Waals surface area contributed by atoms with Gasteiger partial charge in [0, 0.05) is 23.6 Å². The molecular weight excluding hydrogens is 260 g/mol. The highest BCUT2D eigenvalue weighted by Crippen LogP contribution is 2.42. The van der Waals surface area contributed by atoms with Crippen molar-refractivity contribution in [1.29, 1.82) is 0 Å². The van der Waals surface area contributed by atoms with E-state index in [0.29, 0.717) is 12.5 Å². The van der Waals surface area contributed by atoms with Crippen molar-refractivity contribution in [3.63, 3.8) is 0 Å². The highest BCUT2D eigenvalue weighted by molar-refractivity contribution is 5.85. The van der Waals surface area contributed by atoms with Gasteiger partial charge in [0.25, 0.3) is 0 Å². The normalized spacial score (nSPS) is 17.4. The van der Waals surface area contributed by atoms with E-state index in [-0.39, 0.29) is 0 Å². The van der Waals surface area contributed by atoms with Crippen LogP contribution in [0.5, 0.6) is 0 Å². The Morgan fingerprint density at radius 1 is 1.33 bits per heavy atom.